The van der Waals surface area contributed by atoms with Crippen LogP contribution in [0.5, 0.6) is 0 Å². The van der Waals surface area contributed by atoms with Gasteiger partial charge in [-0.15, -0.1) is 10.2 Å². The highest BCUT2D eigenvalue weighted by atomic mass is 32.1. The molecule has 0 unspecified atom stereocenters. The molecule has 0 spiro atoms. The van der Waals surface area contributed by atoms with Gasteiger partial charge in [-0.3, -0.25) is 0 Å². The van der Waals surface area contributed by atoms with Gasteiger partial charge in [0.05, 0.1) is 12.3 Å². The Bertz CT molecular complexity index is 505. The molecule has 6 nitrogen and oxygen atoms in total. The van der Waals surface area contributed by atoms with Crippen molar-refractivity contribution in [1.29, 1.82) is 0 Å². The van der Waals surface area contributed by atoms with E-state index in [2.05, 4.69) is 15.3 Å². The Kier molecular flexibility index (Phi) is 2.95. The van der Waals surface area contributed by atoms with Crippen LogP contribution < -0.4 is 0 Å². The number of hydrogen-bond acceptors (Lipinski definition) is 6. The van der Waals surface area contributed by atoms with Gasteiger partial charge in [0.15, 0.2) is 0 Å². The second-order valence-corrected chi connectivity index (χ2v) is 3.97. The summed E-state index contributed by atoms with van der Waals surface area (Å²) in [6, 6.07) is 1.85. The molecule has 0 atom stereocenters. The van der Waals surface area contributed by atoms with Crippen molar-refractivity contribution in [3.05, 3.63) is 23.0 Å². The molecule has 0 fully saturated rings. The molecule has 2 aromatic heterocycles. The first-order chi connectivity index (χ1) is 7.70. The maximum Gasteiger partial charge on any atom is 0.369 e. The second kappa shape index (κ2) is 4.40. The minimum atomic E-state index is -0.449. The Morgan fingerprint density at radius 3 is 3.00 bits per heavy atom. The fourth-order valence-electron chi connectivity index (χ4n) is 1.10. The summed E-state index contributed by atoms with van der Waals surface area (Å²) in [6.07, 6.45) is 1.77. The minimum absolute atomic E-state index is 0.241. The van der Waals surface area contributed by atoms with E-state index in [0.717, 1.165) is 17.0 Å². The molecule has 0 aromatic carbocycles. The monoisotopic (exact) mass is 238 g/mol. The molecule has 0 aliphatic heterocycles. The zero-order valence-electron chi connectivity index (χ0n) is 8.88. The molecule has 7 heteroatoms. The Hall–Kier alpha value is -1.76. The molecule has 0 bridgehead atoms. The predicted octanol–water partition coefficient (Wildman–Crippen LogP) is 1.21. The van der Waals surface area contributed by atoms with Crippen molar-refractivity contribution < 1.29 is 9.53 Å². The fourth-order valence-corrected chi connectivity index (χ4v) is 1.78. The van der Waals surface area contributed by atoms with Gasteiger partial charge in [0.2, 0.25) is 10.1 Å². The smallest absolute Gasteiger partial charge is 0.369 e. The lowest BCUT2D eigenvalue weighted by Gasteiger charge is -1.94. The normalized spacial score (nSPS) is 10.4. The van der Waals surface area contributed by atoms with Crippen molar-refractivity contribution in [2.45, 2.75) is 13.8 Å². The number of carbonyl (C=O) groups excluding carboxylic acids is 1. The molecule has 84 valence electrons. The van der Waals surface area contributed by atoms with Crippen molar-refractivity contribution in [3.63, 3.8) is 0 Å². The molecular formula is C9H10N4O2S. The van der Waals surface area contributed by atoms with Crippen molar-refractivity contribution >= 4 is 17.3 Å². The summed E-state index contributed by atoms with van der Waals surface area (Å²) in [5, 5.41) is 12.6. The van der Waals surface area contributed by atoms with E-state index in [4.69, 9.17) is 4.74 Å². The molecule has 0 saturated heterocycles. The van der Waals surface area contributed by atoms with Crippen molar-refractivity contribution in [2.24, 2.45) is 0 Å². The van der Waals surface area contributed by atoms with Crippen LogP contribution in [0.15, 0.2) is 12.3 Å². The van der Waals surface area contributed by atoms with E-state index in [-0.39, 0.29) is 5.01 Å². The number of ether oxygens (including phenoxy) is 1. The van der Waals surface area contributed by atoms with Crippen LogP contribution in [0, 0.1) is 6.92 Å². The fraction of sp³-hybridized carbons (Fsp3) is 0.333. The number of aromatic nitrogens is 4. The lowest BCUT2D eigenvalue weighted by molar-refractivity contribution is 0.0525. The molecule has 2 aromatic rings. The lowest BCUT2D eigenvalue weighted by Crippen LogP contribution is -2.03. The highest BCUT2D eigenvalue weighted by molar-refractivity contribution is 7.15. The largest absolute Gasteiger partial charge is 0.461 e. The molecule has 0 aliphatic carbocycles. The third kappa shape index (κ3) is 2.08. The zero-order valence-corrected chi connectivity index (χ0v) is 9.69. The summed E-state index contributed by atoms with van der Waals surface area (Å²) in [7, 11) is 0. The van der Waals surface area contributed by atoms with Gasteiger partial charge in [-0.25, -0.2) is 9.48 Å². The first kappa shape index (κ1) is 10.7. The first-order valence-corrected chi connectivity index (χ1v) is 5.55. The van der Waals surface area contributed by atoms with Crippen LogP contribution in [0.4, 0.5) is 0 Å². The number of rotatable bonds is 3. The maximum atomic E-state index is 11.4. The van der Waals surface area contributed by atoms with E-state index in [1.54, 1.807) is 17.8 Å². The molecule has 0 radical (unpaired) electrons. The van der Waals surface area contributed by atoms with Gasteiger partial charge in [-0.2, -0.15) is 5.10 Å². The minimum Gasteiger partial charge on any atom is -0.461 e. The van der Waals surface area contributed by atoms with Gasteiger partial charge in [0, 0.05) is 6.20 Å². The lowest BCUT2D eigenvalue weighted by atomic mass is 10.5. The van der Waals surface area contributed by atoms with Gasteiger partial charge in [0.1, 0.15) is 0 Å². The van der Waals surface area contributed by atoms with E-state index < -0.39 is 5.97 Å². The number of hydrogen-bond donors (Lipinski definition) is 0. The summed E-state index contributed by atoms with van der Waals surface area (Å²) in [5.41, 5.74) is 0.882. The van der Waals surface area contributed by atoms with Gasteiger partial charge >= 0.3 is 5.97 Å². The number of carbonyl (C=O) groups is 1. The van der Waals surface area contributed by atoms with Crippen LogP contribution in [0.2, 0.25) is 0 Å². The molecule has 2 rings (SSSR count). The summed E-state index contributed by atoms with van der Waals surface area (Å²) in [4.78, 5) is 11.4. The van der Waals surface area contributed by atoms with Crippen LogP contribution in [-0.4, -0.2) is 32.6 Å². The maximum absolute atomic E-state index is 11.4. The van der Waals surface area contributed by atoms with E-state index in [1.165, 1.54) is 0 Å². The van der Waals surface area contributed by atoms with Gasteiger partial charge in [-0.05, 0) is 19.9 Å². The van der Waals surface area contributed by atoms with Gasteiger partial charge < -0.3 is 4.74 Å². The van der Waals surface area contributed by atoms with Crippen LogP contribution in [0.3, 0.4) is 0 Å². The Morgan fingerprint density at radius 2 is 2.38 bits per heavy atom. The third-order valence-electron chi connectivity index (χ3n) is 1.78. The van der Waals surface area contributed by atoms with Crippen LogP contribution >= 0.6 is 11.3 Å². The summed E-state index contributed by atoms with van der Waals surface area (Å²) < 4.78 is 6.40. The van der Waals surface area contributed by atoms with E-state index in [1.807, 2.05) is 13.0 Å². The van der Waals surface area contributed by atoms with Gasteiger partial charge in [0.25, 0.3) is 0 Å². The summed E-state index contributed by atoms with van der Waals surface area (Å²) >= 11 is 1.15. The van der Waals surface area contributed by atoms with E-state index in [0.29, 0.717) is 11.7 Å². The van der Waals surface area contributed by atoms with Crippen LogP contribution in [-0.2, 0) is 4.74 Å². The summed E-state index contributed by atoms with van der Waals surface area (Å²) in [5.74, 6) is -0.449. The number of esters is 1. The topological polar surface area (TPSA) is 69.9 Å². The highest BCUT2D eigenvalue weighted by Gasteiger charge is 2.14. The van der Waals surface area contributed by atoms with Crippen molar-refractivity contribution in [2.75, 3.05) is 6.61 Å². The number of aryl methyl sites for hydroxylation is 1. The third-order valence-corrected chi connectivity index (χ3v) is 2.68. The molecular weight excluding hydrogens is 228 g/mol. The molecule has 0 N–H and O–H groups in total. The van der Waals surface area contributed by atoms with E-state index in [9.17, 15) is 4.79 Å². The quantitative estimate of drug-likeness (QED) is 0.752. The second-order valence-electron chi connectivity index (χ2n) is 3.01. The first-order valence-electron chi connectivity index (χ1n) is 4.74. The Balaban J connectivity index is 2.22. The Labute approximate surface area is 95.9 Å². The molecule has 0 aliphatic rings. The molecule has 0 saturated carbocycles. The standard InChI is InChI=1S/C9H10N4O2S/c1-3-15-8(14)7-10-11-9(16-7)13-5-4-6(2)12-13/h4-5H,3H2,1-2H3. The van der Waals surface area contributed by atoms with Crippen molar-refractivity contribution in [3.8, 4) is 5.13 Å². The predicted molar refractivity (Wildman–Crippen MR) is 57.7 cm³/mol. The molecule has 16 heavy (non-hydrogen) atoms. The van der Waals surface area contributed by atoms with Crippen molar-refractivity contribution in [1.82, 2.24) is 20.0 Å². The molecule has 0 amide bonds. The average molecular weight is 238 g/mol. The highest BCUT2D eigenvalue weighted by Crippen LogP contribution is 2.14. The van der Waals surface area contributed by atoms with Gasteiger partial charge in [-0.1, -0.05) is 11.3 Å². The number of nitrogens with zero attached hydrogens (tertiary/aromatic N) is 4. The Morgan fingerprint density at radius 1 is 1.56 bits per heavy atom. The SMILES string of the molecule is CCOC(=O)c1nnc(-n2ccc(C)n2)s1. The van der Waals surface area contributed by atoms with Crippen LogP contribution in [0.25, 0.3) is 5.13 Å². The molecule has 2 heterocycles. The average Bonchev–Trinajstić information content (AvgIpc) is 2.85. The van der Waals surface area contributed by atoms with E-state index >= 15 is 0 Å². The zero-order chi connectivity index (χ0) is 11.5. The van der Waals surface area contributed by atoms with Crippen LogP contribution in [0.1, 0.15) is 22.4 Å². The summed E-state index contributed by atoms with van der Waals surface area (Å²) in [6.45, 7) is 3.95.